The molecule has 0 aliphatic heterocycles. The molecule has 1 aromatic carbocycles. The van der Waals surface area contributed by atoms with Gasteiger partial charge in [0, 0.05) is 6.54 Å². The Hall–Kier alpha value is -1.35. The van der Waals surface area contributed by atoms with E-state index in [-0.39, 0.29) is 12.5 Å². The molecule has 0 radical (unpaired) electrons. The zero-order chi connectivity index (χ0) is 14.1. The molecule has 0 aliphatic rings. The quantitative estimate of drug-likeness (QED) is 0.783. The summed E-state index contributed by atoms with van der Waals surface area (Å²) in [6, 6.07) is 9.87. The molecule has 0 saturated carbocycles. The van der Waals surface area contributed by atoms with Crippen molar-refractivity contribution in [3.05, 3.63) is 35.9 Å². The van der Waals surface area contributed by atoms with Crippen LogP contribution in [0, 0.1) is 11.8 Å². The molecule has 0 aromatic heterocycles. The Kier molecular flexibility index (Phi) is 7.19. The van der Waals surface area contributed by atoms with Crippen LogP contribution in [0.2, 0.25) is 0 Å². The second kappa shape index (κ2) is 8.70. The Morgan fingerprint density at radius 1 is 1.21 bits per heavy atom. The number of hydrogen-bond acceptors (Lipinski definition) is 2. The van der Waals surface area contributed by atoms with Gasteiger partial charge in [-0.05, 0) is 23.8 Å². The van der Waals surface area contributed by atoms with Gasteiger partial charge >= 0.3 is 0 Å². The first kappa shape index (κ1) is 15.7. The molecule has 19 heavy (non-hydrogen) atoms. The van der Waals surface area contributed by atoms with E-state index in [0.717, 1.165) is 18.5 Å². The lowest BCUT2D eigenvalue weighted by molar-refractivity contribution is -0.126. The Balaban J connectivity index is 2.08. The van der Waals surface area contributed by atoms with E-state index in [0.29, 0.717) is 18.4 Å². The van der Waals surface area contributed by atoms with Crippen LogP contribution in [0.15, 0.2) is 30.3 Å². The molecular weight excluding hydrogens is 238 g/mol. The van der Waals surface area contributed by atoms with Gasteiger partial charge in [-0.1, -0.05) is 51.1 Å². The van der Waals surface area contributed by atoms with Crippen LogP contribution in [0.3, 0.4) is 0 Å². The van der Waals surface area contributed by atoms with E-state index >= 15 is 0 Å². The molecule has 3 nitrogen and oxygen atoms in total. The predicted octanol–water partition coefficient (Wildman–Crippen LogP) is 3.00. The maximum Gasteiger partial charge on any atom is 0.246 e. The molecule has 1 N–H and O–H groups in total. The third-order valence-corrected chi connectivity index (χ3v) is 3.40. The summed E-state index contributed by atoms with van der Waals surface area (Å²) in [7, 11) is 0. The molecule has 0 spiro atoms. The molecule has 0 bridgehead atoms. The molecule has 1 atom stereocenters. The van der Waals surface area contributed by atoms with Crippen LogP contribution >= 0.6 is 0 Å². The van der Waals surface area contributed by atoms with Crippen LogP contribution in [0.5, 0.6) is 0 Å². The average Bonchev–Trinajstić information content (AvgIpc) is 2.39. The number of hydrogen-bond donors (Lipinski definition) is 1. The lowest BCUT2D eigenvalue weighted by Crippen LogP contribution is -2.29. The van der Waals surface area contributed by atoms with Gasteiger partial charge in [0.1, 0.15) is 6.61 Å². The zero-order valence-electron chi connectivity index (χ0n) is 12.2. The van der Waals surface area contributed by atoms with Gasteiger partial charge in [0.2, 0.25) is 5.91 Å². The highest BCUT2D eigenvalue weighted by Gasteiger charge is 2.07. The number of carbonyl (C=O) groups excluding carboxylic acids is 1. The third-order valence-electron chi connectivity index (χ3n) is 3.40. The van der Waals surface area contributed by atoms with Crippen molar-refractivity contribution in [2.45, 2.75) is 33.8 Å². The maximum absolute atomic E-state index is 11.5. The number of rotatable bonds is 8. The smallest absolute Gasteiger partial charge is 0.246 e. The summed E-state index contributed by atoms with van der Waals surface area (Å²) in [4.78, 5) is 11.5. The van der Waals surface area contributed by atoms with Crippen molar-refractivity contribution in [2.75, 3.05) is 13.2 Å². The SMILES string of the molecule is CC(C)C(C)CCNC(=O)COCc1ccccc1. The number of nitrogens with one attached hydrogen (secondary N) is 1. The summed E-state index contributed by atoms with van der Waals surface area (Å²) >= 11 is 0. The number of benzene rings is 1. The van der Waals surface area contributed by atoms with E-state index < -0.39 is 0 Å². The fourth-order valence-corrected chi connectivity index (χ4v) is 1.66. The van der Waals surface area contributed by atoms with Gasteiger partial charge in [0.05, 0.1) is 6.61 Å². The van der Waals surface area contributed by atoms with Gasteiger partial charge in [0.15, 0.2) is 0 Å². The summed E-state index contributed by atoms with van der Waals surface area (Å²) in [6.07, 6.45) is 1.02. The topological polar surface area (TPSA) is 38.3 Å². The lowest BCUT2D eigenvalue weighted by atomic mass is 9.95. The molecule has 3 heteroatoms. The van der Waals surface area contributed by atoms with Gasteiger partial charge in [0.25, 0.3) is 0 Å². The van der Waals surface area contributed by atoms with Crippen molar-refractivity contribution >= 4 is 5.91 Å². The van der Waals surface area contributed by atoms with Crippen molar-refractivity contribution in [1.82, 2.24) is 5.32 Å². The molecule has 1 amide bonds. The summed E-state index contributed by atoms with van der Waals surface area (Å²) in [5.74, 6) is 1.25. The molecule has 0 saturated heterocycles. The van der Waals surface area contributed by atoms with E-state index in [4.69, 9.17) is 4.74 Å². The van der Waals surface area contributed by atoms with Crippen LogP contribution in [-0.4, -0.2) is 19.1 Å². The minimum atomic E-state index is -0.0353. The Morgan fingerprint density at radius 3 is 2.53 bits per heavy atom. The van der Waals surface area contributed by atoms with E-state index in [1.807, 2.05) is 30.3 Å². The van der Waals surface area contributed by atoms with E-state index in [1.165, 1.54) is 0 Å². The molecular formula is C16H25NO2. The van der Waals surface area contributed by atoms with E-state index in [1.54, 1.807) is 0 Å². The fourth-order valence-electron chi connectivity index (χ4n) is 1.66. The summed E-state index contributed by atoms with van der Waals surface area (Å²) < 4.78 is 5.37. The maximum atomic E-state index is 11.5. The van der Waals surface area contributed by atoms with Crippen LogP contribution in [0.1, 0.15) is 32.8 Å². The first-order valence-electron chi connectivity index (χ1n) is 6.98. The van der Waals surface area contributed by atoms with E-state index in [2.05, 4.69) is 26.1 Å². The largest absolute Gasteiger partial charge is 0.367 e. The van der Waals surface area contributed by atoms with Crippen molar-refractivity contribution in [3.63, 3.8) is 0 Å². The summed E-state index contributed by atoms with van der Waals surface area (Å²) in [6.45, 7) is 7.96. The van der Waals surface area contributed by atoms with Crippen molar-refractivity contribution in [3.8, 4) is 0 Å². The fraction of sp³-hybridized carbons (Fsp3) is 0.562. The molecule has 106 valence electrons. The predicted molar refractivity (Wildman–Crippen MR) is 77.7 cm³/mol. The summed E-state index contributed by atoms with van der Waals surface area (Å²) in [5, 5.41) is 2.89. The van der Waals surface area contributed by atoms with Crippen LogP contribution < -0.4 is 5.32 Å². The van der Waals surface area contributed by atoms with Crippen molar-refractivity contribution in [2.24, 2.45) is 11.8 Å². The minimum absolute atomic E-state index is 0.0353. The first-order chi connectivity index (χ1) is 9.09. The van der Waals surface area contributed by atoms with Gasteiger partial charge in [-0.3, -0.25) is 4.79 Å². The summed E-state index contributed by atoms with van der Waals surface area (Å²) in [5.41, 5.74) is 1.09. The van der Waals surface area contributed by atoms with Crippen molar-refractivity contribution in [1.29, 1.82) is 0 Å². The zero-order valence-corrected chi connectivity index (χ0v) is 12.2. The van der Waals surface area contributed by atoms with Crippen LogP contribution in [0.4, 0.5) is 0 Å². The Labute approximate surface area is 116 Å². The van der Waals surface area contributed by atoms with Gasteiger partial charge in [-0.15, -0.1) is 0 Å². The molecule has 1 rings (SSSR count). The molecule has 0 heterocycles. The first-order valence-corrected chi connectivity index (χ1v) is 6.98. The standard InChI is InChI=1S/C16H25NO2/c1-13(2)14(3)9-10-17-16(18)12-19-11-15-7-5-4-6-8-15/h4-8,13-14H,9-12H2,1-3H3,(H,17,18). The van der Waals surface area contributed by atoms with Gasteiger partial charge in [-0.25, -0.2) is 0 Å². The molecule has 1 unspecified atom stereocenters. The van der Waals surface area contributed by atoms with Crippen LogP contribution in [0.25, 0.3) is 0 Å². The van der Waals surface area contributed by atoms with Gasteiger partial charge in [-0.2, -0.15) is 0 Å². The monoisotopic (exact) mass is 263 g/mol. The second-order valence-corrected chi connectivity index (χ2v) is 5.34. The highest BCUT2D eigenvalue weighted by molar-refractivity contribution is 5.77. The lowest BCUT2D eigenvalue weighted by Gasteiger charge is -2.15. The minimum Gasteiger partial charge on any atom is -0.367 e. The Bertz CT molecular complexity index is 362. The highest BCUT2D eigenvalue weighted by Crippen LogP contribution is 2.12. The number of amides is 1. The molecule has 1 aromatic rings. The number of ether oxygens (including phenoxy) is 1. The van der Waals surface area contributed by atoms with Crippen LogP contribution in [-0.2, 0) is 16.1 Å². The molecule has 0 fully saturated rings. The third kappa shape index (κ3) is 6.97. The Morgan fingerprint density at radius 2 is 1.89 bits per heavy atom. The van der Waals surface area contributed by atoms with Gasteiger partial charge < -0.3 is 10.1 Å². The van der Waals surface area contributed by atoms with E-state index in [9.17, 15) is 4.79 Å². The second-order valence-electron chi connectivity index (χ2n) is 5.34. The van der Waals surface area contributed by atoms with Crippen molar-refractivity contribution < 1.29 is 9.53 Å². The molecule has 0 aliphatic carbocycles. The normalized spacial score (nSPS) is 12.4. The highest BCUT2D eigenvalue weighted by atomic mass is 16.5. The average molecular weight is 263 g/mol. The number of carbonyl (C=O) groups is 1.